The van der Waals surface area contributed by atoms with Crippen LogP contribution in [-0.4, -0.2) is 27.7 Å². The van der Waals surface area contributed by atoms with Crippen molar-refractivity contribution in [2.24, 2.45) is 11.8 Å². The van der Waals surface area contributed by atoms with Gasteiger partial charge >= 0.3 is 12.1 Å². The minimum absolute atomic E-state index is 0.0392. The Bertz CT molecular complexity index is 670. The van der Waals surface area contributed by atoms with Gasteiger partial charge in [0.1, 0.15) is 11.7 Å². The molecule has 0 aliphatic heterocycles. The van der Waals surface area contributed by atoms with Crippen LogP contribution >= 0.6 is 11.8 Å². The number of aliphatic hydroxyl groups is 1. The molecule has 1 aromatic rings. The Morgan fingerprint density at radius 2 is 1.96 bits per heavy atom. The Morgan fingerprint density at radius 1 is 1.29 bits per heavy atom. The monoisotopic (exact) mass is 360 g/mol. The molecule has 0 heterocycles. The number of benzene rings is 1. The van der Waals surface area contributed by atoms with Gasteiger partial charge in [0.05, 0.1) is 5.56 Å². The summed E-state index contributed by atoms with van der Waals surface area (Å²) >= 11 is 0.958. The summed E-state index contributed by atoms with van der Waals surface area (Å²) in [5.74, 6) is -3.74. The van der Waals surface area contributed by atoms with Crippen molar-refractivity contribution in [2.45, 2.75) is 23.9 Å². The van der Waals surface area contributed by atoms with Gasteiger partial charge in [0.2, 0.25) is 0 Å². The first-order chi connectivity index (χ1) is 11.2. The molecular weight excluding hydrogens is 345 g/mol. The second kappa shape index (κ2) is 7.29. The zero-order valence-electron chi connectivity index (χ0n) is 12.4. The van der Waals surface area contributed by atoms with E-state index in [1.165, 1.54) is 18.2 Å². The zero-order valence-corrected chi connectivity index (χ0v) is 13.2. The van der Waals surface area contributed by atoms with Crippen LogP contribution in [0.2, 0.25) is 0 Å². The summed E-state index contributed by atoms with van der Waals surface area (Å²) in [5.41, 5.74) is -0.743. The molecule has 1 aromatic carbocycles. The molecule has 0 spiro atoms. The van der Waals surface area contributed by atoms with E-state index in [9.17, 15) is 27.9 Å². The third-order valence-electron chi connectivity index (χ3n) is 3.77. The highest BCUT2D eigenvalue weighted by molar-refractivity contribution is 7.99. The Morgan fingerprint density at radius 3 is 2.58 bits per heavy atom. The number of aliphatic hydroxyl groups excluding tert-OH is 1. The third-order valence-corrected chi connectivity index (χ3v) is 4.87. The molecule has 0 saturated carbocycles. The van der Waals surface area contributed by atoms with E-state index in [2.05, 4.69) is 0 Å². The molecule has 1 aliphatic rings. The van der Waals surface area contributed by atoms with E-state index in [-0.39, 0.29) is 29.3 Å². The molecule has 8 heteroatoms. The normalized spacial score (nSPS) is 21.5. The minimum Gasteiger partial charge on any atom is -0.511 e. The van der Waals surface area contributed by atoms with E-state index in [0.717, 1.165) is 23.9 Å². The van der Waals surface area contributed by atoms with Crippen molar-refractivity contribution in [2.75, 3.05) is 5.75 Å². The SMILES string of the molecule is O=C1C=C(O)C(C(=O)O)C(CCSc2ccccc2C(F)(F)F)C1. The van der Waals surface area contributed by atoms with Crippen molar-refractivity contribution in [1.29, 1.82) is 0 Å². The predicted molar refractivity (Wildman–Crippen MR) is 81.7 cm³/mol. The molecule has 0 amide bonds. The van der Waals surface area contributed by atoms with Crippen LogP contribution in [0.4, 0.5) is 13.2 Å². The first-order valence-corrected chi connectivity index (χ1v) is 8.14. The number of halogens is 3. The molecule has 0 bridgehead atoms. The molecular formula is C16H15F3O4S. The number of ketones is 1. The Kier molecular flexibility index (Phi) is 5.58. The molecule has 2 atom stereocenters. The second-order valence-electron chi connectivity index (χ2n) is 5.45. The van der Waals surface area contributed by atoms with Crippen LogP contribution in [0.25, 0.3) is 0 Å². The van der Waals surface area contributed by atoms with Crippen molar-refractivity contribution in [3.05, 3.63) is 41.7 Å². The summed E-state index contributed by atoms with van der Waals surface area (Å²) in [6, 6.07) is 5.14. The van der Waals surface area contributed by atoms with E-state index in [1.807, 2.05) is 0 Å². The number of carbonyl (C=O) groups is 2. The van der Waals surface area contributed by atoms with Crippen molar-refractivity contribution in [3.8, 4) is 0 Å². The van der Waals surface area contributed by atoms with Gasteiger partial charge < -0.3 is 10.2 Å². The van der Waals surface area contributed by atoms with E-state index < -0.39 is 35.3 Å². The fourth-order valence-electron chi connectivity index (χ4n) is 2.68. The van der Waals surface area contributed by atoms with Gasteiger partial charge in [-0.15, -0.1) is 11.8 Å². The van der Waals surface area contributed by atoms with Gasteiger partial charge in [-0.05, 0) is 30.2 Å². The van der Waals surface area contributed by atoms with Crippen LogP contribution in [0.1, 0.15) is 18.4 Å². The lowest BCUT2D eigenvalue weighted by Crippen LogP contribution is -2.31. The van der Waals surface area contributed by atoms with Gasteiger partial charge in [-0.1, -0.05) is 12.1 Å². The minimum atomic E-state index is -4.46. The standard InChI is InChI=1S/C16H15F3O4S/c17-16(18,19)11-3-1-2-4-13(11)24-6-5-9-7-10(20)8-12(21)14(9)15(22)23/h1-4,8-9,14,21H,5-7H2,(H,22,23). The van der Waals surface area contributed by atoms with Gasteiger partial charge in [0.15, 0.2) is 5.78 Å². The highest BCUT2D eigenvalue weighted by Gasteiger charge is 2.37. The van der Waals surface area contributed by atoms with Gasteiger partial charge in [0.25, 0.3) is 0 Å². The summed E-state index contributed by atoms with van der Waals surface area (Å²) in [6.07, 6.45) is -3.39. The quantitative estimate of drug-likeness (QED) is 0.779. The molecule has 1 aliphatic carbocycles. The molecule has 0 saturated heterocycles. The molecule has 24 heavy (non-hydrogen) atoms. The number of carboxylic acids is 1. The van der Waals surface area contributed by atoms with Crippen molar-refractivity contribution >= 4 is 23.5 Å². The number of alkyl halides is 3. The van der Waals surface area contributed by atoms with E-state index in [4.69, 9.17) is 5.11 Å². The van der Waals surface area contributed by atoms with Crippen LogP contribution in [-0.2, 0) is 15.8 Å². The van der Waals surface area contributed by atoms with Crippen LogP contribution in [0.3, 0.4) is 0 Å². The number of aliphatic carboxylic acids is 1. The molecule has 130 valence electrons. The third kappa shape index (κ3) is 4.31. The number of carboxylic acid groups (broad SMARTS) is 1. The van der Waals surface area contributed by atoms with Crippen molar-refractivity contribution in [1.82, 2.24) is 0 Å². The molecule has 0 fully saturated rings. The van der Waals surface area contributed by atoms with Gasteiger partial charge in [0, 0.05) is 17.4 Å². The fraction of sp³-hybridized carbons (Fsp3) is 0.375. The summed E-state index contributed by atoms with van der Waals surface area (Å²) < 4.78 is 38.8. The Labute approximate surface area is 140 Å². The smallest absolute Gasteiger partial charge is 0.417 e. The number of rotatable bonds is 5. The molecule has 2 rings (SSSR count). The fourth-order valence-corrected chi connectivity index (χ4v) is 3.83. The lowest BCUT2D eigenvalue weighted by atomic mass is 9.80. The lowest BCUT2D eigenvalue weighted by molar-refractivity contribution is -0.144. The van der Waals surface area contributed by atoms with Crippen LogP contribution in [0.15, 0.2) is 41.0 Å². The molecule has 2 N–H and O–H groups in total. The van der Waals surface area contributed by atoms with Gasteiger partial charge in [-0.3, -0.25) is 9.59 Å². The highest BCUT2D eigenvalue weighted by atomic mass is 32.2. The van der Waals surface area contributed by atoms with Crippen molar-refractivity contribution < 1.29 is 33.0 Å². The Hall–Kier alpha value is -1.96. The first-order valence-electron chi connectivity index (χ1n) is 7.15. The number of carbonyl (C=O) groups excluding carboxylic acids is 1. The molecule has 0 radical (unpaired) electrons. The van der Waals surface area contributed by atoms with E-state index >= 15 is 0 Å². The second-order valence-corrected chi connectivity index (χ2v) is 6.58. The summed E-state index contributed by atoms with van der Waals surface area (Å²) in [4.78, 5) is 22.8. The first kappa shape index (κ1) is 18.4. The number of hydrogen-bond acceptors (Lipinski definition) is 4. The Balaban J connectivity index is 2.05. The molecule has 0 aromatic heterocycles. The van der Waals surface area contributed by atoms with E-state index in [0.29, 0.717) is 0 Å². The van der Waals surface area contributed by atoms with E-state index in [1.54, 1.807) is 0 Å². The highest BCUT2D eigenvalue weighted by Crippen LogP contribution is 2.38. The van der Waals surface area contributed by atoms with Gasteiger partial charge in [-0.2, -0.15) is 13.2 Å². The average molecular weight is 360 g/mol. The zero-order chi connectivity index (χ0) is 17.9. The topological polar surface area (TPSA) is 74.6 Å². The average Bonchev–Trinajstić information content (AvgIpc) is 2.45. The summed E-state index contributed by atoms with van der Waals surface area (Å²) in [6.45, 7) is 0. The van der Waals surface area contributed by atoms with Crippen LogP contribution < -0.4 is 0 Å². The lowest BCUT2D eigenvalue weighted by Gasteiger charge is -2.26. The van der Waals surface area contributed by atoms with Crippen LogP contribution in [0, 0.1) is 11.8 Å². The largest absolute Gasteiger partial charge is 0.511 e. The maximum Gasteiger partial charge on any atom is 0.417 e. The molecule has 4 nitrogen and oxygen atoms in total. The van der Waals surface area contributed by atoms with Gasteiger partial charge in [-0.25, -0.2) is 0 Å². The summed E-state index contributed by atoms with van der Waals surface area (Å²) in [5, 5.41) is 18.8. The maximum absolute atomic E-state index is 12.9. The number of allylic oxidation sites excluding steroid dienone is 1. The van der Waals surface area contributed by atoms with Crippen molar-refractivity contribution in [3.63, 3.8) is 0 Å². The number of thioether (sulfide) groups is 1. The number of hydrogen-bond donors (Lipinski definition) is 2. The summed E-state index contributed by atoms with van der Waals surface area (Å²) in [7, 11) is 0. The molecule has 2 unspecified atom stereocenters. The predicted octanol–water partition coefficient (Wildman–Crippen LogP) is 3.92. The van der Waals surface area contributed by atoms with Crippen LogP contribution in [0.5, 0.6) is 0 Å². The maximum atomic E-state index is 12.9.